The molecule has 0 bridgehead atoms. The van der Waals surface area contributed by atoms with Gasteiger partial charge in [-0.2, -0.15) is 5.10 Å². The molecular formula is C17H14ClN3O2S. The molecule has 0 fully saturated rings. The molecule has 0 radical (unpaired) electrons. The van der Waals surface area contributed by atoms with Gasteiger partial charge in [0.15, 0.2) is 5.11 Å². The van der Waals surface area contributed by atoms with Crippen LogP contribution >= 0.6 is 23.8 Å². The van der Waals surface area contributed by atoms with Gasteiger partial charge in [0.05, 0.1) is 6.21 Å². The molecule has 24 heavy (non-hydrogen) atoms. The third-order valence-electron chi connectivity index (χ3n) is 2.77. The maximum absolute atomic E-state index is 11.8. The lowest BCUT2D eigenvalue weighted by molar-refractivity contribution is -0.128. The molecule has 0 aliphatic rings. The Kier molecular flexibility index (Phi) is 6.48. The summed E-state index contributed by atoms with van der Waals surface area (Å²) < 4.78 is 5.20. The van der Waals surface area contributed by atoms with E-state index in [1.54, 1.807) is 60.8 Å². The van der Waals surface area contributed by atoms with Gasteiger partial charge >= 0.3 is 5.97 Å². The van der Waals surface area contributed by atoms with Gasteiger partial charge in [0, 0.05) is 11.1 Å². The molecule has 0 saturated heterocycles. The third-order valence-corrected chi connectivity index (χ3v) is 3.11. The van der Waals surface area contributed by atoms with Crippen molar-refractivity contribution in [1.29, 1.82) is 0 Å². The number of carbonyl (C=O) groups is 1. The van der Waals surface area contributed by atoms with E-state index in [0.29, 0.717) is 10.8 Å². The van der Waals surface area contributed by atoms with E-state index in [1.165, 1.54) is 6.08 Å². The molecule has 3 N–H and O–H groups in total. The van der Waals surface area contributed by atoms with Crippen LogP contribution in [0.1, 0.15) is 11.1 Å². The van der Waals surface area contributed by atoms with Crippen molar-refractivity contribution >= 4 is 47.2 Å². The number of hydrogen-bond acceptors (Lipinski definition) is 4. The van der Waals surface area contributed by atoms with E-state index in [9.17, 15) is 4.79 Å². The van der Waals surface area contributed by atoms with Crippen LogP contribution < -0.4 is 15.9 Å². The molecule has 0 unspecified atom stereocenters. The molecule has 0 spiro atoms. The standard InChI is InChI=1S/C17H14ClN3O2S/c18-14-6-1-12(2-7-14)5-10-16(22)23-15-8-3-13(4-9-15)11-20-21-17(19)24/h1-11H,(H3,19,21,24). The van der Waals surface area contributed by atoms with Crippen molar-refractivity contribution in [2.24, 2.45) is 10.8 Å². The van der Waals surface area contributed by atoms with Gasteiger partial charge in [-0.1, -0.05) is 23.7 Å². The van der Waals surface area contributed by atoms with Gasteiger partial charge in [-0.15, -0.1) is 0 Å². The number of rotatable bonds is 5. The smallest absolute Gasteiger partial charge is 0.336 e. The number of halogens is 1. The van der Waals surface area contributed by atoms with Crippen LogP contribution in [0.25, 0.3) is 6.08 Å². The summed E-state index contributed by atoms with van der Waals surface area (Å²) in [5, 5.41) is 4.56. The third kappa shape index (κ3) is 6.20. The molecule has 7 heteroatoms. The van der Waals surface area contributed by atoms with E-state index < -0.39 is 5.97 Å². The summed E-state index contributed by atoms with van der Waals surface area (Å²) in [6.45, 7) is 0. The van der Waals surface area contributed by atoms with Gasteiger partial charge in [0.1, 0.15) is 5.75 Å². The lowest BCUT2D eigenvalue weighted by Crippen LogP contribution is -2.23. The predicted octanol–water partition coefficient (Wildman–Crippen LogP) is 3.13. The van der Waals surface area contributed by atoms with Crippen molar-refractivity contribution in [3.8, 4) is 5.75 Å². The van der Waals surface area contributed by atoms with Crippen molar-refractivity contribution in [3.63, 3.8) is 0 Å². The number of carbonyl (C=O) groups excluding carboxylic acids is 1. The van der Waals surface area contributed by atoms with Crippen molar-refractivity contribution < 1.29 is 9.53 Å². The predicted molar refractivity (Wildman–Crippen MR) is 100 cm³/mol. The fourth-order valence-electron chi connectivity index (χ4n) is 1.68. The number of ether oxygens (including phenoxy) is 1. The maximum atomic E-state index is 11.8. The summed E-state index contributed by atoms with van der Waals surface area (Å²) in [4.78, 5) is 11.8. The number of hydrogen-bond donors (Lipinski definition) is 2. The van der Waals surface area contributed by atoms with E-state index in [1.807, 2.05) is 0 Å². The zero-order chi connectivity index (χ0) is 17.4. The van der Waals surface area contributed by atoms with E-state index >= 15 is 0 Å². The zero-order valence-corrected chi connectivity index (χ0v) is 14.1. The zero-order valence-electron chi connectivity index (χ0n) is 12.5. The number of esters is 1. The largest absolute Gasteiger partial charge is 0.423 e. The van der Waals surface area contributed by atoms with Crippen LogP contribution in [0.4, 0.5) is 0 Å². The van der Waals surface area contributed by atoms with Crippen molar-refractivity contribution in [2.45, 2.75) is 0 Å². The van der Waals surface area contributed by atoms with Crippen LogP contribution in [-0.2, 0) is 4.79 Å². The lowest BCUT2D eigenvalue weighted by Gasteiger charge is -2.01. The average Bonchev–Trinajstić information content (AvgIpc) is 2.56. The first-order valence-corrected chi connectivity index (χ1v) is 7.65. The lowest BCUT2D eigenvalue weighted by atomic mass is 10.2. The van der Waals surface area contributed by atoms with Crippen LogP contribution in [0.3, 0.4) is 0 Å². The SMILES string of the molecule is NC(=S)NN=Cc1ccc(OC(=O)C=Cc2ccc(Cl)cc2)cc1. The monoisotopic (exact) mass is 359 g/mol. The Hall–Kier alpha value is -2.70. The number of hydrazone groups is 1. The van der Waals surface area contributed by atoms with Gasteiger partial charge in [-0.3, -0.25) is 5.43 Å². The summed E-state index contributed by atoms with van der Waals surface area (Å²) in [5.41, 5.74) is 9.36. The Balaban J connectivity index is 1.90. The van der Waals surface area contributed by atoms with Crippen LogP contribution in [-0.4, -0.2) is 17.3 Å². The average molecular weight is 360 g/mol. The van der Waals surface area contributed by atoms with Crippen molar-refractivity contribution in [2.75, 3.05) is 0 Å². The van der Waals surface area contributed by atoms with Crippen LogP contribution in [0.5, 0.6) is 5.75 Å². The number of thiocarbonyl (C=S) groups is 1. The maximum Gasteiger partial charge on any atom is 0.336 e. The number of nitrogens with zero attached hydrogens (tertiary/aromatic N) is 1. The Bertz CT molecular complexity index is 771. The molecule has 0 atom stereocenters. The molecule has 2 rings (SSSR count). The highest BCUT2D eigenvalue weighted by molar-refractivity contribution is 7.80. The molecule has 0 aliphatic carbocycles. The second kappa shape index (κ2) is 8.81. The van der Waals surface area contributed by atoms with Crippen LogP contribution in [0.15, 0.2) is 59.7 Å². The van der Waals surface area contributed by atoms with E-state index in [0.717, 1.165) is 11.1 Å². The topological polar surface area (TPSA) is 76.7 Å². The van der Waals surface area contributed by atoms with E-state index in [4.69, 9.17) is 22.1 Å². The van der Waals surface area contributed by atoms with Gasteiger partial charge in [-0.05, 0) is 65.8 Å². The molecular weight excluding hydrogens is 346 g/mol. The summed E-state index contributed by atoms with van der Waals surface area (Å²) in [5.74, 6) is -0.0401. The van der Waals surface area contributed by atoms with Gasteiger partial charge in [-0.25, -0.2) is 4.79 Å². The second-order valence-electron chi connectivity index (χ2n) is 4.61. The molecule has 2 aromatic rings. The quantitative estimate of drug-likeness (QED) is 0.214. The van der Waals surface area contributed by atoms with Crippen molar-refractivity contribution in [1.82, 2.24) is 5.43 Å². The molecule has 0 amide bonds. The highest BCUT2D eigenvalue weighted by Crippen LogP contribution is 2.13. The van der Waals surface area contributed by atoms with Crippen LogP contribution in [0, 0.1) is 0 Å². The molecule has 122 valence electrons. The highest BCUT2D eigenvalue weighted by atomic mass is 35.5. The Morgan fingerprint density at radius 2 is 1.75 bits per heavy atom. The number of nitrogens with one attached hydrogen (secondary N) is 1. The fourth-order valence-corrected chi connectivity index (χ4v) is 1.86. The first kappa shape index (κ1) is 17.7. The van der Waals surface area contributed by atoms with Crippen molar-refractivity contribution in [3.05, 3.63) is 70.8 Å². The summed E-state index contributed by atoms with van der Waals surface area (Å²) in [7, 11) is 0. The summed E-state index contributed by atoms with van der Waals surface area (Å²) in [6.07, 6.45) is 4.55. The molecule has 5 nitrogen and oxygen atoms in total. The number of nitrogens with two attached hydrogens (primary N) is 1. The fraction of sp³-hybridized carbons (Fsp3) is 0. The van der Waals surface area contributed by atoms with Crippen LogP contribution in [0.2, 0.25) is 5.02 Å². The van der Waals surface area contributed by atoms with Gasteiger partial charge in [0.25, 0.3) is 0 Å². The van der Waals surface area contributed by atoms with Gasteiger partial charge < -0.3 is 10.5 Å². The summed E-state index contributed by atoms with van der Waals surface area (Å²) in [6, 6.07) is 13.9. The number of benzene rings is 2. The van der Waals surface area contributed by atoms with Gasteiger partial charge in [0.2, 0.25) is 0 Å². The van der Waals surface area contributed by atoms with E-state index in [2.05, 4.69) is 22.7 Å². The molecule has 0 aromatic heterocycles. The Morgan fingerprint density at radius 1 is 1.12 bits per heavy atom. The first-order chi connectivity index (χ1) is 11.5. The minimum Gasteiger partial charge on any atom is -0.423 e. The Morgan fingerprint density at radius 3 is 2.38 bits per heavy atom. The first-order valence-electron chi connectivity index (χ1n) is 6.87. The highest BCUT2D eigenvalue weighted by Gasteiger charge is 2.00. The molecule has 0 saturated carbocycles. The minimum atomic E-state index is -0.471. The normalized spacial score (nSPS) is 10.9. The Labute approximate surface area is 149 Å². The molecule has 0 aliphatic heterocycles. The minimum absolute atomic E-state index is 0.0873. The van der Waals surface area contributed by atoms with E-state index in [-0.39, 0.29) is 5.11 Å². The molecule has 0 heterocycles. The molecule has 2 aromatic carbocycles. The second-order valence-corrected chi connectivity index (χ2v) is 5.49. The summed E-state index contributed by atoms with van der Waals surface area (Å²) >= 11 is 10.4.